The minimum absolute atomic E-state index is 0.505. The number of hydrogen-bond donors (Lipinski definition) is 1. The van der Waals surface area contributed by atoms with E-state index in [9.17, 15) is 0 Å². The van der Waals surface area contributed by atoms with Crippen molar-refractivity contribution in [2.75, 3.05) is 13.7 Å². The van der Waals surface area contributed by atoms with Gasteiger partial charge in [-0.1, -0.05) is 18.2 Å². The Balaban J connectivity index is 2.51. The third-order valence-electron chi connectivity index (χ3n) is 1.30. The third kappa shape index (κ3) is 2.87. The Morgan fingerprint density at radius 2 is 1.91 bits per heavy atom. The Morgan fingerprint density at radius 3 is 2.45 bits per heavy atom. The number of hydrogen-bond acceptors (Lipinski definition) is 2. The van der Waals surface area contributed by atoms with E-state index in [1.807, 2.05) is 44.0 Å². The molecule has 1 aromatic rings. The van der Waals surface area contributed by atoms with Crippen LogP contribution in [0.3, 0.4) is 0 Å². The molecule has 0 heterocycles. The lowest BCUT2D eigenvalue weighted by Crippen LogP contribution is -2.01. The van der Waals surface area contributed by atoms with Gasteiger partial charge in [0.25, 0.3) is 0 Å². The molecule has 0 bridgehead atoms. The molecule has 1 unspecified atom stereocenters. The van der Waals surface area contributed by atoms with Crippen molar-refractivity contribution < 1.29 is 4.52 Å². The van der Waals surface area contributed by atoms with Crippen molar-refractivity contribution in [3.05, 3.63) is 30.3 Å². The molecule has 2 nitrogen and oxygen atoms in total. The van der Waals surface area contributed by atoms with Crippen molar-refractivity contribution in [1.29, 1.82) is 0 Å². The zero-order valence-corrected chi connectivity index (χ0v) is 7.64. The molecule has 1 atom stereocenters. The average molecular weight is 169 g/mol. The van der Waals surface area contributed by atoms with Gasteiger partial charge in [-0.05, 0) is 19.2 Å². The Morgan fingerprint density at radius 1 is 1.27 bits per heavy atom. The predicted molar refractivity (Wildman–Crippen MR) is 49.0 cm³/mol. The van der Waals surface area contributed by atoms with E-state index in [-0.39, 0.29) is 0 Å². The minimum Gasteiger partial charge on any atom is -0.459 e. The summed E-state index contributed by atoms with van der Waals surface area (Å²) in [5.41, 5.74) is 0. The van der Waals surface area contributed by atoms with Gasteiger partial charge in [-0.15, -0.1) is 0 Å². The van der Waals surface area contributed by atoms with Crippen LogP contribution in [-0.2, 0) is 0 Å². The van der Waals surface area contributed by atoms with Crippen LogP contribution in [0, 0.1) is 0 Å². The fraction of sp³-hybridized carbons (Fsp3) is 0.250. The Kier molecular flexibility index (Phi) is 3.34. The standard InChI is InChI=1S/C8H12NOP/c1-9-11(2)10-8-6-4-3-5-7-8/h3-7,9H,1-2H3. The Labute approximate surface area is 68.5 Å². The molecule has 1 N–H and O–H groups in total. The van der Waals surface area contributed by atoms with Gasteiger partial charge in [0.1, 0.15) is 5.75 Å². The fourth-order valence-corrected chi connectivity index (χ4v) is 1.21. The van der Waals surface area contributed by atoms with Gasteiger partial charge in [0.2, 0.25) is 0 Å². The highest BCUT2D eigenvalue weighted by Crippen LogP contribution is 2.28. The van der Waals surface area contributed by atoms with Gasteiger partial charge in [0, 0.05) is 6.66 Å². The largest absolute Gasteiger partial charge is 0.459 e. The van der Waals surface area contributed by atoms with Crippen LogP contribution in [-0.4, -0.2) is 13.7 Å². The fourth-order valence-electron chi connectivity index (χ4n) is 0.685. The molecule has 0 saturated heterocycles. The van der Waals surface area contributed by atoms with Gasteiger partial charge < -0.3 is 4.52 Å². The smallest absolute Gasteiger partial charge is 0.157 e. The topological polar surface area (TPSA) is 21.3 Å². The first kappa shape index (κ1) is 8.51. The van der Waals surface area contributed by atoms with Crippen molar-refractivity contribution in [2.45, 2.75) is 0 Å². The summed E-state index contributed by atoms with van der Waals surface area (Å²) >= 11 is 0. The molecule has 0 aliphatic rings. The van der Waals surface area contributed by atoms with E-state index in [2.05, 4.69) is 5.09 Å². The third-order valence-corrected chi connectivity index (χ3v) is 2.41. The van der Waals surface area contributed by atoms with Crippen LogP contribution in [0.2, 0.25) is 0 Å². The minimum atomic E-state index is -0.505. The van der Waals surface area contributed by atoms with Crippen LogP contribution in [0.1, 0.15) is 0 Å². The SMILES string of the molecule is CNP(C)Oc1ccccc1. The van der Waals surface area contributed by atoms with E-state index >= 15 is 0 Å². The molecular weight excluding hydrogens is 157 g/mol. The predicted octanol–water partition coefficient (Wildman–Crippen LogP) is 2.23. The first-order valence-corrected chi connectivity index (χ1v) is 5.17. The van der Waals surface area contributed by atoms with Crippen LogP contribution in [0.4, 0.5) is 0 Å². The summed E-state index contributed by atoms with van der Waals surface area (Å²) in [4.78, 5) is 0. The van der Waals surface area contributed by atoms with Crippen molar-refractivity contribution in [3.8, 4) is 5.75 Å². The summed E-state index contributed by atoms with van der Waals surface area (Å²) in [5, 5.41) is 3.06. The number of nitrogens with one attached hydrogen (secondary N) is 1. The molecule has 0 amide bonds. The summed E-state index contributed by atoms with van der Waals surface area (Å²) in [6.45, 7) is 2.03. The molecule has 0 aliphatic heterocycles. The lowest BCUT2D eigenvalue weighted by Gasteiger charge is -2.11. The molecular formula is C8H12NOP. The van der Waals surface area contributed by atoms with Gasteiger partial charge >= 0.3 is 0 Å². The summed E-state index contributed by atoms with van der Waals surface area (Å²) < 4.78 is 5.52. The van der Waals surface area contributed by atoms with E-state index in [0.717, 1.165) is 5.75 Å². The summed E-state index contributed by atoms with van der Waals surface area (Å²) in [5.74, 6) is 0.926. The molecule has 0 saturated carbocycles. The van der Waals surface area contributed by atoms with Gasteiger partial charge in [-0.3, -0.25) is 5.09 Å². The quantitative estimate of drug-likeness (QED) is 0.700. The molecule has 0 aliphatic carbocycles. The van der Waals surface area contributed by atoms with Crippen molar-refractivity contribution >= 4 is 8.30 Å². The maximum atomic E-state index is 5.52. The first-order valence-electron chi connectivity index (χ1n) is 3.47. The highest BCUT2D eigenvalue weighted by Gasteiger charge is 1.97. The van der Waals surface area contributed by atoms with Crippen LogP contribution in [0.25, 0.3) is 0 Å². The highest BCUT2D eigenvalue weighted by atomic mass is 31.2. The first-order chi connectivity index (χ1) is 5.33. The molecule has 1 aromatic carbocycles. The molecule has 3 heteroatoms. The average Bonchev–Trinajstić information content (AvgIpc) is 2.06. The van der Waals surface area contributed by atoms with Gasteiger partial charge in [0.15, 0.2) is 8.30 Å². The van der Waals surface area contributed by atoms with E-state index in [1.54, 1.807) is 0 Å². The second-order valence-electron chi connectivity index (χ2n) is 2.13. The van der Waals surface area contributed by atoms with Gasteiger partial charge in [-0.2, -0.15) is 0 Å². The molecule has 0 spiro atoms. The van der Waals surface area contributed by atoms with E-state index in [4.69, 9.17) is 4.52 Å². The Hall–Kier alpha value is -0.590. The zero-order valence-electron chi connectivity index (χ0n) is 6.74. The molecule has 0 fully saturated rings. The monoisotopic (exact) mass is 169 g/mol. The van der Waals surface area contributed by atoms with E-state index < -0.39 is 8.30 Å². The van der Waals surface area contributed by atoms with E-state index in [0.29, 0.717) is 0 Å². The molecule has 1 rings (SSSR count). The van der Waals surface area contributed by atoms with Crippen LogP contribution in [0.5, 0.6) is 5.75 Å². The summed E-state index contributed by atoms with van der Waals surface area (Å²) in [7, 11) is 1.39. The summed E-state index contributed by atoms with van der Waals surface area (Å²) in [6, 6.07) is 9.82. The number of rotatable bonds is 3. The van der Waals surface area contributed by atoms with Crippen LogP contribution in [0.15, 0.2) is 30.3 Å². The lowest BCUT2D eigenvalue weighted by molar-refractivity contribution is 0.610. The maximum Gasteiger partial charge on any atom is 0.157 e. The van der Waals surface area contributed by atoms with Crippen molar-refractivity contribution in [1.82, 2.24) is 5.09 Å². The van der Waals surface area contributed by atoms with Gasteiger partial charge in [-0.25, -0.2) is 0 Å². The second kappa shape index (κ2) is 4.32. The Bertz CT molecular complexity index is 203. The van der Waals surface area contributed by atoms with Gasteiger partial charge in [0.05, 0.1) is 0 Å². The number of benzene rings is 1. The molecule has 60 valence electrons. The number of para-hydroxylation sites is 1. The van der Waals surface area contributed by atoms with Crippen LogP contribution >= 0.6 is 8.30 Å². The summed E-state index contributed by atoms with van der Waals surface area (Å²) in [6.07, 6.45) is 0. The van der Waals surface area contributed by atoms with Crippen LogP contribution < -0.4 is 9.61 Å². The van der Waals surface area contributed by atoms with Crippen molar-refractivity contribution in [3.63, 3.8) is 0 Å². The molecule has 0 radical (unpaired) electrons. The van der Waals surface area contributed by atoms with Crippen molar-refractivity contribution in [2.24, 2.45) is 0 Å². The maximum absolute atomic E-state index is 5.52. The normalized spacial score (nSPS) is 12.5. The van der Waals surface area contributed by atoms with E-state index in [1.165, 1.54) is 0 Å². The second-order valence-corrected chi connectivity index (χ2v) is 3.75. The molecule has 0 aromatic heterocycles. The lowest BCUT2D eigenvalue weighted by atomic mass is 10.3. The zero-order chi connectivity index (χ0) is 8.10. The molecule has 11 heavy (non-hydrogen) atoms. The highest BCUT2D eigenvalue weighted by molar-refractivity contribution is 7.49.